The number of halogens is 1. The quantitative estimate of drug-likeness (QED) is 0.795. The third kappa shape index (κ3) is 3.41. The monoisotopic (exact) mass is 310 g/mol. The van der Waals surface area contributed by atoms with E-state index in [0.717, 1.165) is 53.8 Å². The van der Waals surface area contributed by atoms with Gasteiger partial charge in [-0.2, -0.15) is 0 Å². The molecule has 21 heavy (non-hydrogen) atoms. The maximum Gasteiger partial charge on any atom is 0.282 e. The van der Waals surface area contributed by atoms with E-state index >= 15 is 0 Å². The molecule has 0 aromatic heterocycles. The molecule has 1 unspecified atom stereocenters. The van der Waals surface area contributed by atoms with E-state index in [-0.39, 0.29) is 24.4 Å². The number of hydrogen-bond donors (Lipinski definition) is 1. The highest BCUT2D eigenvalue weighted by molar-refractivity contribution is 5.95. The summed E-state index contributed by atoms with van der Waals surface area (Å²) in [6.45, 7) is 11.7. The Labute approximate surface area is 134 Å². The van der Waals surface area contributed by atoms with Crippen molar-refractivity contribution in [2.45, 2.75) is 46.6 Å². The van der Waals surface area contributed by atoms with Crippen LogP contribution in [0.3, 0.4) is 0 Å². The fourth-order valence-corrected chi connectivity index (χ4v) is 3.61. The van der Waals surface area contributed by atoms with Gasteiger partial charge >= 0.3 is 0 Å². The minimum absolute atomic E-state index is 0. The van der Waals surface area contributed by atoms with Crippen molar-refractivity contribution in [2.75, 3.05) is 25.0 Å². The Hall–Kier alpha value is -1.06. The van der Waals surface area contributed by atoms with Crippen LogP contribution < -0.4 is 17.7 Å². The van der Waals surface area contributed by atoms with Crippen LogP contribution in [0, 0.1) is 13.8 Å². The molecule has 1 fully saturated rings. The molecule has 0 saturated carbocycles. The number of likely N-dealkylation sites (tertiary alicyclic amines) is 1. The molecule has 0 spiro atoms. The molecule has 1 amide bonds. The Kier molecular flexibility index (Phi) is 6.24. The molecule has 0 aliphatic carbocycles. The number of carbonyl (C=O) groups is 1. The van der Waals surface area contributed by atoms with E-state index < -0.39 is 0 Å². The smallest absolute Gasteiger partial charge is 0.282 e. The highest BCUT2D eigenvalue weighted by atomic mass is 35.5. The molecule has 118 valence electrons. The summed E-state index contributed by atoms with van der Waals surface area (Å²) in [5.74, 6) is 0.198. The van der Waals surface area contributed by atoms with E-state index in [2.05, 4.69) is 45.1 Å². The van der Waals surface area contributed by atoms with Gasteiger partial charge in [0.2, 0.25) is 0 Å². The minimum atomic E-state index is 0. The predicted molar refractivity (Wildman–Crippen MR) is 83.8 cm³/mol. The minimum Gasteiger partial charge on any atom is -1.00 e. The van der Waals surface area contributed by atoms with Gasteiger partial charge in [0, 0.05) is 18.5 Å². The Balaban J connectivity index is 0.00000220. The van der Waals surface area contributed by atoms with Crippen LogP contribution in [-0.4, -0.2) is 36.1 Å². The van der Waals surface area contributed by atoms with Crippen LogP contribution in [0.4, 0.5) is 5.69 Å². The third-order valence-electron chi connectivity index (χ3n) is 5.03. The summed E-state index contributed by atoms with van der Waals surface area (Å²) in [4.78, 5) is 12.7. The van der Waals surface area contributed by atoms with Crippen molar-refractivity contribution >= 4 is 11.6 Å². The van der Waals surface area contributed by atoms with E-state index in [9.17, 15) is 4.79 Å². The predicted octanol–water partition coefficient (Wildman–Crippen LogP) is 0.265. The number of hydrogen-bond acceptors (Lipinski definition) is 1. The molecule has 0 bridgehead atoms. The van der Waals surface area contributed by atoms with Crippen molar-refractivity contribution in [3.05, 3.63) is 29.3 Å². The summed E-state index contributed by atoms with van der Waals surface area (Å²) in [5, 5.41) is 3.19. The van der Waals surface area contributed by atoms with Crippen molar-refractivity contribution in [3.63, 3.8) is 0 Å². The molecular formula is C17H27ClN2O. The zero-order valence-electron chi connectivity index (χ0n) is 13.6. The first-order valence-corrected chi connectivity index (χ1v) is 7.77. The number of amides is 1. The molecule has 0 radical (unpaired) electrons. The van der Waals surface area contributed by atoms with E-state index in [1.165, 1.54) is 0 Å². The van der Waals surface area contributed by atoms with Crippen LogP contribution in [0.25, 0.3) is 0 Å². The first-order valence-electron chi connectivity index (χ1n) is 7.77. The van der Waals surface area contributed by atoms with E-state index in [1.54, 1.807) is 0 Å². The number of para-hydroxylation sites is 1. The summed E-state index contributed by atoms with van der Waals surface area (Å²) in [6.07, 6.45) is 2.17. The fourth-order valence-electron chi connectivity index (χ4n) is 3.61. The van der Waals surface area contributed by atoms with Crippen LogP contribution in [0.5, 0.6) is 0 Å². The second kappa shape index (κ2) is 7.28. The van der Waals surface area contributed by atoms with Gasteiger partial charge in [-0.1, -0.05) is 18.2 Å². The highest BCUT2D eigenvalue weighted by Gasteiger charge is 2.43. The van der Waals surface area contributed by atoms with Gasteiger partial charge in [-0.3, -0.25) is 4.79 Å². The lowest BCUT2D eigenvalue weighted by Gasteiger charge is -2.37. The topological polar surface area (TPSA) is 29.1 Å². The number of aryl methyl sites for hydroxylation is 2. The molecule has 1 aliphatic heterocycles. The largest absolute Gasteiger partial charge is 1.00 e. The molecule has 1 aromatic rings. The van der Waals surface area contributed by atoms with Crippen molar-refractivity contribution in [3.8, 4) is 0 Å². The van der Waals surface area contributed by atoms with Gasteiger partial charge in [-0.25, -0.2) is 0 Å². The number of carbonyl (C=O) groups excluding carboxylic acids is 1. The lowest BCUT2D eigenvalue weighted by atomic mass is 10.1. The van der Waals surface area contributed by atoms with Gasteiger partial charge in [-0.05, 0) is 38.8 Å². The second-order valence-corrected chi connectivity index (χ2v) is 5.99. The third-order valence-corrected chi connectivity index (χ3v) is 5.03. The number of nitrogens with one attached hydrogen (secondary N) is 1. The van der Waals surface area contributed by atoms with Gasteiger partial charge in [0.25, 0.3) is 5.91 Å². The van der Waals surface area contributed by atoms with Gasteiger partial charge < -0.3 is 22.2 Å². The van der Waals surface area contributed by atoms with Crippen LogP contribution in [0.2, 0.25) is 0 Å². The first kappa shape index (κ1) is 18.0. The lowest BCUT2D eigenvalue weighted by Crippen LogP contribution is -3.00. The number of quaternary nitrogens is 1. The SMILES string of the molecule is CC[N+]1(CC)CCCC1C(=O)Nc1c(C)cccc1C.[Cl-]. The van der Waals surface area contributed by atoms with Crippen LogP contribution in [0.1, 0.15) is 37.8 Å². The van der Waals surface area contributed by atoms with E-state index in [4.69, 9.17) is 0 Å². The first-order chi connectivity index (χ1) is 9.54. The summed E-state index contributed by atoms with van der Waals surface area (Å²) < 4.78 is 0.941. The van der Waals surface area contributed by atoms with Crippen LogP contribution >= 0.6 is 0 Å². The average Bonchev–Trinajstić information content (AvgIpc) is 2.87. The van der Waals surface area contributed by atoms with Crippen molar-refractivity contribution in [1.29, 1.82) is 0 Å². The van der Waals surface area contributed by atoms with Crippen LogP contribution in [0.15, 0.2) is 18.2 Å². The van der Waals surface area contributed by atoms with Crippen molar-refractivity contribution < 1.29 is 21.7 Å². The second-order valence-electron chi connectivity index (χ2n) is 5.99. The zero-order chi connectivity index (χ0) is 14.8. The maximum atomic E-state index is 12.7. The lowest BCUT2D eigenvalue weighted by molar-refractivity contribution is -0.927. The van der Waals surface area contributed by atoms with Gasteiger partial charge in [-0.15, -0.1) is 0 Å². The van der Waals surface area contributed by atoms with E-state index in [0.29, 0.717) is 0 Å². The Morgan fingerprint density at radius 1 is 1.24 bits per heavy atom. The molecule has 4 heteroatoms. The number of anilines is 1. The maximum absolute atomic E-state index is 12.7. The molecule has 1 atom stereocenters. The number of nitrogens with zero attached hydrogens (tertiary/aromatic N) is 1. The Bertz CT molecular complexity index is 477. The van der Waals surface area contributed by atoms with Crippen molar-refractivity contribution in [2.24, 2.45) is 0 Å². The molecule has 1 heterocycles. The number of rotatable bonds is 4. The molecule has 2 rings (SSSR count). The fraction of sp³-hybridized carbons (Fsp3) is 0.588. The summed E-state index contributed by atoms with van der Waals surface area (Å²) in [6, 6.07) is 6.26. The molecule has 1 aliphatic rings. The molecule has 3 nitrogen and oxygen atoms in total. The average molecular weight is 311 g/mol. The number of likely N-dealkylation sites (N-methyl/N-ethyl adjacent to an activating group) is 1. The zero-order valence-corrected chi connectivity index (χ0v) is 14.3. The van der Waals surface area contributed by atoms with E-state index in [1.807, 2.05) is 6.07 Å². The standard InChI is InChI=1S/C17H26N2O.ClH/c1-5-19(6-2)12-8-11-15(19)17(20)18-16-13(3)9-7-10-14(16)4;/h7,9-10,15H,5-6,8,11-12H2,1-4H3;1H. The van der Waals surface area contributed by atoms with Gasteiger partial charge in [0.05, 0.1) is 19.6 Å². The van der Waals surface area contributed by atoms with Gasteiger partial charge in [0.15, 0.2) is 6.04 Å². The molecule has 1 saturated heterocycles. The summed E-state index contributed by atoms with van der Waals surface area (Å²) in [7, 11) is 0. The Morgan fingerprint density at radius 3 is 2.33 bits per heavy atom. The van der Waals surface area contributed by atoms with Gasteiger partial charge in [0.1, 0.15) is 0 Å². The van der Waals surface area contributed by atoms with Crippen LogP contribution in [-0.2, 0) is 4.79 Å². The molecular weight excluding hydrogens is 284 g/mol. The normalized spacial score (nSPS) is 19.9. The number of benzene rings is 1. The molecule has 1 aromatic carbocycles. The summed E-state index contributed by atoms with van der Waals surface area (Å²) >= 11 is 0. The van der Waals surface area contributed by atoms with Crippen molar-refractivity contribution in [1.82, 2.24) is 0 Å². The Morgan fingerprint density at radius 2 is 1.81 bits per heavy atom. The highest BCUT2D eigenvalue weighted by Crippen LogP contribution is 2.28. The summed E-state index contributed by atoms with van der Waals surface area (Å²) in [5.41, 5.74) is 3.28. The molecule has 1 N–H and O–H groups in total.